The van der Waals surface area contributed by atoms with E-state index in [4.69, 9.17) is 24.4 Å². The minimum absolute atomic E-state index is 0.588. The van der Waals surface area contributed by atoms with Crippen molar-refractivity contribution in [1.82, 2.24) is 24.5 Å². The standard InChI is InChI=1S/C44H27N5O/c1-4-13-28(14-5-1)42-46-43(29-15-6-2-7-16-29)48-44(47-42)33-20-12-22-40-41(33)35-25-30(23-24-39(35)50-40)36-26-34-32-19-10-11-21-37(32)49(38(34)27-45-36)31-17-8-3-9-18-31/h1-27H. The van der Waals surface area contributed by atoms with E-state index >= 15 is 0 Å². The molecule has 234 valence electrons. The van der Waals surface area contributed by atoms with Crippen LogP contribution in [0.15, 0.2) is 168 Å². The molecule has 6 nitrogen and oxygen atoms in total. The van der Waals surface area contributed by atoms with Crippen LogP contribution in [0, 0.1) is 0 Å². The largest absolute Gasteiger partial charge is 0.456 e. The molecular weight excluding hydrogens is 615 g/mol. The molecule has 4 aromatic heterocycles. The number of nitrogens with zero attached hydrogens (tertiary/aromatic N) is 5. The lowest BCUT2D eigenvalue weighted by atomic mass is 10.0. The van der Waals surface area contributed by atoms with Gasteiger partial charge in [-0.25, -0.2) is 15.0 Å². The first-order valence-corrected chi connectivity index (χ1v) is 16.6. The molecule has 0 aliphatic rings. The molecule has 10 rings (SSSR count). The van der Waals surface area contributed by atoms with Crippen molar-refractivity contribution in [2.45, 2.75) is 0 Å². The number of rotatable bonds is 5. The summed E-state index contributed by atoms with van der Waals surface area (Å²) in [5.74, 6) is 1.82. The Bertz CT molecular complexity index is 2800. The Morgan fingerprint density at radius 3 is 1.84 bits per heavy atom. The predicted molar refractivity (Wildman–Crippen MR) is 201 cm³/mol. The zero-order valence-corrected chi connectivity index (χ0v) is 26.7. The van der Waals surface area contributed by atoms with Gasteiger partial charge in [0.25, 0.3) is 0 Å². The Kier molecular flexibility index (Phi) is 6.39. The fourth-order valence-electron chi connectivity index (χ4n) is 6.98. The maximum absolute atomic E-state index is 6.42. The zero-order chi connectivity index (χ0) is 33.0. The number of pyridine rings is 1. The van der Waals surface area contributed by atoms with Gasteiger partial charge in [0.15, 0.2) is 17.5 Å². The van der Waals surface area contributed by atoms with Crippen LogP contribution in [0.4, 0.5) is 0 Å². The van der Waals surface area contributed by atoms with Crippen LogP contribution in [0.2, 0.25) is 0 Å². The smallest absolute Gasteiger partial charge is 0.164 e. The van der Waals surface area contributed by atoms with E-state index in [1.165, 1.54) is 5.39 Å². The second-order valence-electron chi connectivity index (χ2n) is 12.3. The molecule has 0 unspecified atom stereocenters. The summed E-state index contributed by atoms with van der Waals surface area (Å²) < 4.78 is 8.70. The van der Waals surface area contributed by atoms with Crippen molar-refractivity contribution in [1.29, 1.82) is 0 Å². The van der Waals surface area contributed by atoms with Crippen LogP contribution < -0.4 is 0 Å². The molecule has 0 N–H and O–H groups in total. The lowest BCUT2D eigenvalue weighted by molar-refractivity contribution is 0.669. The molecular formula is C44H27N5O. The van der Waals surface area contributed by atoms with Gasteiger partial charge in [-0.2, -0.15) is 0 Å². The van der Waals surface area contributed by atoms with Crippen LogP contribution in [0.5, 0.6) is 0 Å². The molecule has 0 bridgehead atoms. The molecule has 0 amide bonds. The summed E-state index contributed by atoms with van der Waals surface area (Å²) in [6.45, 7) is 0. The highest BCUT2D eigenvalue weighted by atomic mass is 16.3. The highest BCUT2D eigenvalue weighted by Crippen LogP contribution is 2.39. The number of aromatic nitrogens is 5. The fourth-order valence-corrected chi connectivity index (χ4v) is 6.98. The lowest BCUT2D eigenvalue weighted by Crippen LogP contribution is -2.00. The first kappa shape index (κ1) is 28.1. The minimum Gasteiger partial charge on any atom is -0.456 e. The topological polar surface area (TPSA) is 69.6 Å². The molecule has 0 aliphatic carbocycles. The van der Waals surface area contributed by atoms with E-state index < -0.39 is 0 Å². The maximum atomic E-state index is 6.42. The van der Waals surface area contributed by atoms with E-state index in [-0.39, 0.29) is 0 Å². The van der Waals surface area contributed by atoms with Gasteiger partial charge in [-0.1, -0.05) is 109 Å². The first-order chi connectivity index (χ1) is 24.8. The summed E-state index contributed by atoms with van der Waals surface area (Å²) in [5.41, 5.74) is 9.50. The molecule has 0 radical (unpaired) electrons. The summed E-state index contributed by atoms with van der Waals surface area (Å²) >= 11 is 0. The number of benzene rings is 6. The Morgan fingerprint density at radius 1 is 0.440 bits per heavy atom. The average molecular weight is 642 g/mol. The molecule has 6 heteroatoms. The van der Waals surface area contributed by atoms with Gasteiger partial charge in [-0.15, -0.1) is 0 Å². The fraction of sp³-hybridized carbons (Fsp3) is 0. The summed E-state index contributed by atoms with van der Waals surface area (Å²) in [4.78, 5) is 20.0. The number of fused-ring (bicyclic) bond motifs is 6. The van der Waals surface area contributed by atoms with Crippen LogP contribution in [0.25, 0.3) is 94.9 Å². The number of hydrogen-bond acceptors (Lipinski definition) is 5. The van der Waals surface area contributed by atoms with Crippen LogP contribution in [-0.4, -0.2) is 24.5 Å². The zero-order valence-electron chi connectivity index (χ0n) is 26.7. The molecule has 0 atom stereocenters. The SMILES string of the molecule is c1ccc(-c2nc(-c3ccccc3)nc(-c3cccc4oc5ccc(-c6cc7c8ccccc8n(-c8ccccc8)c7cn6)cc5c34)n2)cc1. The highest BCUT2D eigenvalue weighted by molar-refractivity contribution is 6.13. The van der Waals surface area contributed by atoms with Crippen LogP contribution in [-0.2, 0) is 0 Å². The second-order valence-corrected chi connectivity index (χ2v) is 12.3. The second kappa shape index (κ2) is 11.4. The molecule has 4 heterocycles. The van der Waals surface area contributed by atoms with E-state index in [9.17, 15) is 0 Å². The van der Waals surface area contributed by atoms with Gasteiger partial charge in [0.05, 0.1) is 22.9 Å². The van der Waals surface area contributed by atoms with E-state index in [2.05, 4.69) is 77.4 Å². The van der Waals surface area contributed by atoms with Gasteiger partial charge in [-0.3, -0.25) is 4.98 Å². The summed E-state index contributed by atoms with van der Waals surface area (Å²) in [7, 11) is 0. The van der Waals surface area contributed by atoms with Gasteiger partial charge < -0.3 is 8.98 Å². The van der Waals surface area contributed by atoms with Crippen LogP contribution in [0.3, 0.4) is 0 Å². The van der Waals surface area contributed by atoms with E-state index in [1.807, 2.05) is 91.1 Å². The van der Waals surface area contributed by atoms with Crippen molar-refractivity contribution in [3.8, 4) is 51.1 Å². The average Bonchev–Trinajstić information content (AvgIpc) is 3.74. The van der Waals surface area contributed by atoms with Crippen molar-refractivity contribution in [2.24, 2.45) is 0 Å². The Labute approximate surface area is 287 Å². The third-order valence-corrected chi connectivity index (χ3v) is 9.30. The summed E-state index contributed by atoms with van der Waals surface area (Å²) in [6.07, 6.45) is 1.99. The molecule has 50 heavy (non-hydrogen) atoms. The Hall–Kier alpha value is -6.92. The monoisotopic (exact) mass is 641 g/mol. The van der Waals surface area contributed by atoms with Crippen molar-refractivity contribution in [3.05, 3.63) is 164 Å². The third kappa shape index (κ3) is 4.58. The molecule has 10 aromatic rings. The van der Waals surface area contributed by atoms with E-state index in [1.54, 1.807) is 0 Å². The van der Waals surface area contributed by atoms with Crippen molar-refractivity contribution in [3.63, 3.8) is 0 Å². The normalized spacial score (nSPS) is 11.6. The summed E-state index contributed by atoms with van der Waals surface area (Å²) in [5, 5.41) is 4.27. The Morgan fingerprint density at radius 2 is 1.10 bits per heavy atom. The van der Waals surface area contributed by atoms with Gasteiger partial charge in [0, 0.05) is 49.5 Å². The Balaban J connectivity index is 1.16. The molecule has 6 aromatic carbocycles. The molecule has 0 fully saturated rings. The minimum atomic E-state index is 0.588. The third-order valence-electron chi connectivity index (χ3n) is 9.30. The van der Waals surface area contributed by atoms with E-state index in [0.29, 0.717) is 17.5 Å². The molecule has 0 aliphatic heterocycles. The van der Waals surface area contributed by atoms with Gasteiger partial charge >= 0.3 is 0 Å². The number of hydrogen-bond donors (Lipinski definition) is 0. The predicted octanol–water partition coefficient (Wildman–Crippen LogP) is 10.9. The first-order valence-electron chi connectivity index (χ1n) is 16.6. The quantitative estimate of drug-likeness (QED) is 0.187. The van der Waals surface area contributed by atoms with Gasteiger partial charge in [-0.05, 0) is 48.5 Å². The molecule has 0 saturated heterocycles. The highest BCUT2D eigenvalue weighted by Gasteiger charge is 2.19. The van der Waals surface area contributed by atoms with Gasteiger partial charge in [0.2, 0.25) is 0 Å². The number of furan rings is 1. The van der Waals surface area contributed by atoms with Crippen LogP contribution >= 0.6 is 0 Å². The maximum Gasteiger partial charge on any atom is 0.164 e. The van der Waals surface area contributed by atoms with Crippen molar-refractivity contribution < 1.29 is 4.42 Å². The van der Waals surface area contributed by atoms with E-state index in [0.717, 1.165) is 72.0 Å². The number of para-hydroxylation sites is 2. The van der Waals surface area contributed by atoms with Crippen LogP contribution in [0.1, 0.15) is 0 Å². The molecule has 0 spiro atoms. The lowest BCUT2D eigenvalue weighted by Gasteiger charge is -2.09. The van der Waals surface area contributed by atoms with Gasteiger partial charge in [0.1, 0.15) is 11.2 Å². The molecule has 0 saturated carbocycles. The summed E-state index contributed by atoms with van der Waals surface area (Å²) in [6, 6.07) is 53.6. The van der Waals surface area contributed by atoms with Crippen molar-refractivity contribution in [2.75, 3.05) is 0 Å². The van der Waals surface area contributed by atoms with Crippen molar-refractivity contribution >= 4 is 43.7 Å².